The Morgan fingerprint density at radius 1 is 1.06 bits per heavy atom. The van der Waals surface area contributed by atoms with Crippen LogP contribution in [-0.2, 0) is 4.79 Å². The number of likely N-dealkylation sites (tertiary alicyclic amines) is 1. The molecular weight excluding hydrogens is 447 g/mol. The molecule has 0 radical (unpaired) electrons. The molecule has 1 aliphatic rings. The molecule has 2 aromatic carbocycles. The third-order valence-corrected chi connectivity index (χ3v) is 6.64. The first kappa shape index (κ1) is 26.8. The Bertz CT molecular complexity index is 973. The summed E-state index contributed by atoms with van der Waals surface area (Å²) in [5, 5.41) is 13.9. The first-order valence-corrected chi connectivity index (χ1v) is 12.5. The maximum absolute atomic E-state index is 14.1. The van der Waals surface area contributed by atoms with Crippen LogP contribution < -0.4 is 10.1 Å². The van der Waals surface area contributed by atoms with Gasteiger partial charge >= 0.3 is 0 Å². The Balaban J connectivity index is 1.46. The van der Waals surface area contributed by atoms with E-state index >= 15 is 0 Å². The average Bonchev–Trinajstić information content (AvgIpc) is 3.37. The summed E-state index contributed by atoms with van der Waals surface area (Å²) in [6.07, 6.45) is 4.10. The maximum atomic E-state index is 14.1. The number of ketones is 1. The summed E-state index contributed by atoms with van der Waals surface area (Å²) in [4.78, 5) is 27.2. The summed E-state index contributed by atoms with van der Waals surface area (Å²) in [6, 6.07) is 11.3. The third kappa shape index (κ3) is 8.15. The van der Waals surface area contributed by atoms with E-state index in [-0.39, 0.29) is 17.5 Å². The zero-order chi connectivity index (χ0) is 25.2. The van der Waals surface area contributed by atoms with E-state index < -0.39 is 12.1 Å². The molecule has 1 fully saturated rings. The summed E-state index contributed by atoms with van der Waals surface area (Å²) in [5.41, 5.74) is 1.65. The molecule has 2 N–H and O–H groups in total. The van der Waals surface area contributed by atoms with Crippen LogP contribution in [0.5, 0.6) is 5.75 Å². The molecule has 0 spiro atoms. The fraction of sp³-hybridized carbons (Fsp3) is 0.500. The van der Waals surface area contributed by atoms with Gasteiger partial charge in [-0.15, -0.1) is 0 Å². The lowest BCUT2D eigenvalue weighted by Gasteiger charge is -2.29. The van der Waals surface area contributed by atoms with Crippen LogP contribution in [0.25, 0.3) is 0 Å². The molecule has 0 aromatic heterocycles. The van der Waals surface area contributed by atoms with E-state index in [0.29, 0.717) is 54.7 Å². The van der Waals surface area contributed by atoms with Gasteiger partial charge in [-0.05, 0) is 87.2 Å². The standard InChI is InChI=1S/C28H37FN2O4/c1-20-10-11-22(18-24(20)29)28(34)25(19-31-16-6-7-17-31)30-27(33)9-5-3-4-8-26(32)21-12-14-23(35-2)15-13-21/h10-15,18,25,28,34H,3-9,16-17,19H2,1-2H3,(H,30,33)/t25-,28-/m1/s1. The van der Waals surface area contributed by atoms with Crippen molar-refractivity contribution in [3.8, 4) is 5.75 Å². The van der Waals surface area contributed by atoms with E-state index in [0.717, 1.165) is 32.4 Å². The SMILES string of the molecule is COc1ccc(C(=O)CCCCCC(=O)N[C@H](CN2CCCC2)[C@H](O)c2ccc(C)c(F)c2)cc1. The number of Topliss-reactive ketones (excluding diaryl/α,β-unsaturated/α-hetero) is 1. The number of methoxy groups -OCH3 is 1. The lowest BCUT2D eigenvalue weighted by molar-refractivity contribution is -0.123. The van der Waals surface area contributed by atoms with Crippen molar-refractivity contribution in [2.24, 2.45) is 0 Å². The first-order chi connectivity index (χ1) is 16.9. The van der Waals surface area contributed by atoms with Gasteiger partial charge in [0, 0.05) is 24.9 Å². The van der Waals surface area contributed by atoms with Crippen LogP contribution in [0.2, 0.25) is 0 Å². The molecule has 0 saturated carbocycles. The van der Waals surface area contributed by atoms with E-state index in [4.69, 9.17) is 4.74 Å². The van der Waals surface area contributed by atoms with E-state index in [1.165, 1.54) is 6.07 Å². The van der Waals surface area contributed by atoms with Crippen molar-refractivity contribution in [2.45, 2.75) is 64.0 Å². The molecule has 1 aliphatic heterocycles. The third-order valence-electron chi connectivity index (χ3n) is 6.64. The van der Waals surface area contributed by atoms with Gasteiger partial charge in [0.25, 0.3) is 0 Å². The first-order valence-electron chi connectivity index (χ1n) is 12.5. The largest absolute Gasteiger partial charge is 0.497 e. The number of hydrogen-bond acceptors (Lipinski definition) is 5. The number of carbonyl (C=O) groups is 2. The van der Waals surface area contributed by atoms with Gasteiger partial charge in [-0.2, -0.15) is 0 Å². The number of amides is 1. The van der Waals surface area contributed by atoms with Gasteiger partial charge in [0.05, 0.1) is 13.2 Å². The van der Waals surface area contributed by atoms with E-state index in [1.807, 2.05) is 0 Å². The number of nitrogens with zero attached hydrogens (tertiary/aromatic N) is 1. The van der Waals surface area contributed by atoms with E-state index in [2.05, 4.69) is 10.2 Å². The second-order valence-corrected chi connectivity index (χ2v) is 9.35. The summed E-state index contributed by atoms with van der Waals surface area (Å²) in [6.45, 7) is 4.07. The molecule has 7 heteroatoms. The Morgan fingerprint density at radius 3 is 2.40 bits per heavy atom. The zero-order valence-electron chi connectivity index (χ0n) is 20.8. The van der Waals surface area contributed by atoms with Crippen LogP contribution in [-0.4, -0.2) is 54.5 Å². The molecular formula is C28H37FN2O4. The highest BCUT2D eigenvalue weighted by molar-refractivity contribution is 5.96. The fourth-order valence-electron chi connectivity index (χ4n) is 4.44. The number of benzene rings is 2. The van der Waals surface area contributed by atoms with Crippen LogP contribution in [0.1, 0.15) is 72.5 Å². The number of halogens is 1. The summed E-state index contributed by atoms with van der Waals surface area (Å²) >= 11 is 0. The van der Waals surface area contributed by atoms with E-state index in [1.54, 1.807) is 50.4 Å². The Morgan fingerprint density at radius 2 is 1.74 bits per heavy atom. The highest BCUT2D eigenvalue weighted by atomic mass is 19.1. The minimum atomic E-state index is -0.989. The normalized spacial score (nSPS) is 15.5. The number of aliphatic hydroxyl groups is 1. The Hall–Kier alpha value is -2.77. The Labute approximate surface area is 207 Å². The van der Waals surface area contributed by atoms with E-state index in [9.17, 15) is 19.1 Å². The predicted octanol–water partition coefficient (Wildman–Crippen LogP) is 4.59. The molecule has 2 aromatic rings. The average molecular weight is 485 g/mol. The van der Waals surface area contributed by atoms with Gasteiger partial charge in [0.2, 0.25) is 5.91 Å². The van der Waals surface area contributed by atoms with Crippen LogP contribution in [0.15, 0.2) is 42.5 Å². The molecule has 1 saturated heterocycles. The van der Waals surface area contributed by atoms with Gasteiger partial charge in [0.15, 0.2) is 5.78 Å². The number of aryl methyl sites for hydroxylation is 1. The lowest BCUT2D eigenvalue weighted by Crippen LogP contribution is -2.46. The number of aliphatic hydroxyl groups excluding tert-OH is 1. The van der Waals surface area contributed by atoms with Crippen LogP contribution >= 0.6 is 0 Å². The quantitative estimate of drug-likeness (QED) is 0.321. The van der Waals surface area contributed by atoms with Crippen molar-refractivity contribution >= 4 is 11.7 Å². The number of carbonyl (C=O) groups excluding carboxylic acids is 2. The van der Waals surface area contributed by atoms with Crippen molar-refractivity contribution in [1.29, 1.82) is 0 Å². The van der Waals surface area contributed by atoms with Crippen LogP contribution in [0, 0.1) is 12.7 Å². The molecule has 2 atom stereocenters. The second-order valence-electron chi connectivity index (χ2n) is 9.35. The topological polar surface area (TPSA) is 78.9 Å². The highest BCUT2D eigenvalue weighted by Gasteiger charge is 2.27. The molecule has 1 amide bonds. The molecule has 35 heavy (non-hydrogen) atoms. The summed E-state index contributed by atoms with van der Waals surface area (Å²) < 4.78 is 19.2. The summed E-state index contributed by atoms with van der Waals surface area (Å²) in [5.74, 6) is 0.295. The number of unbranched alkanes of at least 4 members (excludes halogenated alkanes) is 2. The monoisotopic (exact) mass is 484 g/mol. The highest BCUT2D eigenvalue weighted by Crippen LogP contribution is 2.22. The fourth-order valence-corrected chi connectivity index (χ4v) is 4.44. The van der Waals surface area contributed by atoms with Crippen LogP contribution in [0.3, 0.4) is 0 Å². The molecule has 1 heterocycles. The Kier molecular flexibility index (Phi) is 10.2. The molecule has 0 aliphatic carbocycles. The molecule has 0 unspecified atom stereocenters. The number of nitrogens with one attached hydrogen (secondary N) is 1. The number of rotatable bonds is 13. The minimum absolute atomic E-state index is 0.0798. The second kappa shape index (κ2) is 13.4. The molecule has 6 nitrogen and oxygen atoms in total. The molecule has 0 bridgehead atoms. The molecule has 190 valence electrons. The predicted molar refractivity (Wildman–Crippen MR) is 134 cm³/mol. The minimum Gasteiger partial charge on any atom is -0.497 e. The van der Waals surface area contributed by atoms with Crippen LogP contribution in [0.4, 0.5) is 4.39 Å². The van der Waals surface area contributed by atoms with Gasteiger partial charge in [-0.3, -0.25) is 9.59 Å². The molecule has 3 rings (SSSR count). The summed E-state index contributed by atoms with van der Waals surface area (Å²) in [7, 11) is 1.59. The lowest BCUT2D eigenvalue weighted by atomic mass is 9.99. The number of hydrogen-bond donors (Lipinski definition) is 2. The smallest absolute Gasteiger partial charge is 0.220 e. The van der Waals surface area contributed by atoms with Crippen molar-refractivity contribution < 1.29 is 23.8 Å². The van der Waals surface area contributed by atoms with Crippen molar-refractivity contribution in [3.05, 3.63) is 65.0 Å². The van der Waals surface area contributed by atoms with Crippen molar-refractivity contribution in [2.75, 3.05) is 26.7 Å². The van der Waals surface area contributed by atoms with Gasteiger partial charge in [-0.1, -0.05) is 18.6 Å². The van der Waals surface area contributed by atoms with Crippen molar-refractivity contribution in [1.82, 2.24) is 10.2 Å². The number of ether oxygens (including phenoxy) is 1. The van der Waals surface area contributed by atoms with Gasteiger partial charge in [0.1, 0.15) is 17.7 Å². The van der Waals surface area contributed by atoms with Gasteiger partial charge in [-0.25, -0.2) is 4.39 Å². The maximum Gasteiger partial charge on any atom is 0.220 e. The zero-order valence-corrected chi connectivity index (χ0v) is 20.8. The van der Waals surface area contributed by atoms with Gasteiger partial charge < -0.3 is 20.1 Å². The van der Waals surface area contributed by atoms with Crippen molar-refractivity contribution in [3.63, 3.8) is 0 Å².